The molecule has 0 aromatic carbocycles. The molecule has 2 rings (SSSR count). The first kappa shape index (κ1) is 6.41. The summed E-state index contributed by atoms with van der Waals surface area (Å²) in [6, 6.07) is 0. The molecule has 0 amide bonds. The van der Waals surface area contributed by atoms with Crippen LogP contribution in [-0.2, 0) is 0 Å². The van der Waals surface area contributed by atoms with Gasteiger partial charge in [-0.15, -0.1) is 0 Å². The minimum atomic E-state index is 0.428. The topological polar surface area (TPSA) is 0 Å². The summed E-state index contributed by atoms with van der Waals surface area (Å²) in [6.45, 7) is 2.35. The van der Waals surface area contributed by atoms with Gasteiger partial charge in [-0.2, -0.15) is 24.4 Å². The molecule has 1 heterocycles. The maximum Gasteiger partial charge on any atom is 0.0366 e. The van der Waals surface area contributed by atoms with Crippen molar-refractivity contribution < 1.29 is 0 Å². The van der Waals surface area contributed by atoms with Crippen LogP contribution in [0, 0.1) is 0 Å². The molecule has 0 bridgehead atoms. The molecular weight excluding hydrogens is 148 g/mol. The monoisotopic (exact) mass is 160 g/mol. The van der Waals surface area contributed by atoms with E-state index in [1.54, 1.807) is 0 Å². The van der Waals surface area contributed by atoms with Gasteiger partial charge in [0.1, 0.15) is 0 Å². The van der Waals surface area contributed by atoms with Crippen LogP contribution < -0.4 is 0 Å². The molecule has 1 atom stereocenters. The molecule has 1 saturated heterocycles. The third-order valence-corrected chi connectivity index (χ3v) is 5.38. The van der Waals surface area contributed by atoms with Gasteiger partial charge in [-0.05, 0) is 19.8 Å². The predicted molar refractivity (Wildman–Crippen MR) is 46.4 cm³/mol. The lowest BCUT2D eigenvalue weighted by molar-refractivity contribution is 0.328. The maximum atomic E-state index is 4.70. The highest BCUT2D eigenvalue weighted by molar-refractivity contribution is 8.08. The number of hydrogen-bond donors (Lipinski definition) is 1. The van der Waals surface area contributed by atoms with Gasteiger partial charge in [0.15, 0.2) is 0 Å². The highest BCUT2D eigenvalue weighted by Crippen LogP contribution is 2.61. The van der Waals surface area contributed by atoms with Gasteiger partial charge in [-0.25, -0.2) is 0 Å². The molecule has 2 aliphatic rings. The molecule has 52 valence electrons. The van der Waals surface area contributed by atoms with Crippen molar-refractivity contribution in [2.75, 3.05) is 5.75 Å². The van der Waals surface area contributed by atoms with E-state index in [1.807, 2.05) is 0 Å². The lowest BCUT2D eigenvalue weighted by atomic mass is 9.76. The largest absolute Gasteiger partial charge is 0.171 e. The SMILES string of the molecule is C[C@@]1(C2(S)CCC2)CS1. The molecular formula is C7H12S2. The van der Waals surface area contributed by atoms with E-state index < -0.39 is 0 Å². The van der Waals surface area contributed by atoms with Gasteiger partial charge in [-0.1, -0.05) is 6.42 Å². The Morgan fingerprint density at radius 2 is 2.00 bits per heavy atom. The molecule has 0 unspecified atom stereocenters. The third kappa shape index (κ3) is 0.758. The lowest BCUT2D eigenvalue weighted by Crippen LogP contribution is -2.43. The van der Waals surface area contributed by atoms with Crippen LogP contribution in [0.15, 0.2) is 0 Å². The normalized spacial score (nSPS) is 46.0. The third-order valence-electron chi connectivity index (χ3n) is 2.74. The van der Waals surface area contributed by atoms with Crippen molar-refractivity contribution in [2.45, 2.75) is 35.7 Å². The van der Waals surface area contributed by atoms with Crippen molar-refractivity contribution in [1.82, 2.24) is 0 Å². The van der Waals surface area contributed by atoms with Crippen LogP contribution >= 0.6 is 24.4 Å². The molecule has 0 nitrogen and oxygen atoms in total. The fourth-order valence-corrected chi connectivity index (χ4v) is 3.08. The number of rotatable bonds is 1. The fourth-order valence-electron chi connectivity index (χ4n) is 1.42. The van der Waals surface area contributed by atoms with Gasteiger partial charge >= 0.3 is 0 Å². The van der Waals surface area contributed by atoms with E-state index in [2.05, 4.69) is 18.7 Å². The van der Waals surface area contributed by atoms with Crippen LogP contribution in [0.3, 0.4) is 0 Å². The molecule has 2 heteroatoms. The molecule has 0 N–H and O–H groups in total. The van der Waals surface area contributed by atoms with E-state index in [4.69, 9.17) is 12.6 Å². The summed E-state index contributed by atoms with van der Waals surface area (Å²) in [5.74, 6) is 1.34. The second-order valence-electron chi connectivity index (χ2n) is 3.40. The average Bonchev–Trinajstić information content (AvgIpc) is 2.43. The molecule has 9 heavy (non-hydrogen) atoms. The Hall–Kier alpha value is 0.700. The lowest BCUT2D eigenvalue weighted by Gasteiger charge is -2.42. The number of thiol groups is 1. The van der Waals surface area contributed by atoms with Crippen molar-refractivity contribution in [3.05, 3.63) is 0 Å². The minimum Gasteiger partial charge on any atom is -0.171 e. The summed E-state index contributed by atoms with van der Waals surface area (Å²) in [5, 5.41) is 0. The summed E-state index contributed by atoms with van der Waals surface area (Å²) in [4.78, 5) is 0. The first-order chi connectivity index (χ1) is 4.16. The van der Waals surface area contributed by atoms with Gasteiger partial charge in [0.05, 0.1) is 0 Å². The Morgan fingerprint density at radius 1 is 1.44 bits per heavy atom. The van der Waals surface area contributed by atoms with Crippen molar-refractivity contribution in [2.24, 2.45) is 0 Å². The number of thioether (sulfide) groups is 1. The Morgan fingerprint density at radius 3 is 2.11 bits per heavy atom. The quantitative estimate of drug-likeness (QED) is 0.454. The van der Waals surface area contributed by atoms with E-state index in [0.717, 1.165) is 0 Å². The van der Waals surface area contributed by atoms with Crippen LogP contribution in [0.25, 0.3) is 0 Å². The Kier molecular flexibility index (Phi) is 1.17. The zero-order chi connectivity index (χ0) is 6.54. The van der Waals surface area contributed by atoms with E-state index in [9.17, 15) is 0 Å². The fraction of sp³-hybridized carbons (Fsp3) is 1.00. The molecule has 1 saturated carbocycles. The van der Waals surface area contributed by atoms with Gasteiger partial charge in [0.2, 0.25) is 0 Å². The van der Waals surface area contributed by atoms with Crippen molar-refractivity contribution in [1.29, 1.82) is 0 Å². The highest BCUT2D eigenvalue weighted by Gasteiger charge is 2.57. The van der Waals surface area contributed by atoms with Crippen LogP contribution in [0.1, 0.15) is 26.2 Å². The molecule has 2 fully saturated rings. The van der Waals surface area contributed by atoms with Gasteiger partial charge in [0, 0.05) is 15.2 Å². The van der Waals surface area contributed by atoms with Gasteiger partial charge in [0.25, 0.3) is 0 Å². The summed E-state index contributed by atoms with van der Waals surface area (Å²) in [6.07, 6.45) is 4.10. The average molecular weight is 160 g/mol. The summed E-state index contributed by atoms with van der Waals surface area (Å²) >= 11 is 6.77. The summed E-state index contributed by atoms with van der Waals surface area (Å²) in [7, 11) is 0. The van der Waals surface area contributed by atoms with E-state index in [-0.39, 0.29) is 0 Å². The second-order valence-corrected chi connectivity index (χ2v) is 5.74. The molecule has 0 aromatic heterocycles. The Labute approximate surface area is 66.2 Å². The standard InChI is InChI=1S/C7H12S2/c1-6(5-9-6)7(8)3-2-4-7/h8H,2-5H2,1H3/t6-/m0/s1. The van der Waals surface area contributed by atoms with Crippen LogP contribution in [0.5, 0.6) is 0 Å². The first-order valence-electron chi connectivity index (χ1n) is 3.53. The van der Waals surface area contributed by atoms with Crippen molar-refractivity contribution in [3.8, 4) is 0 Å². The van der Waals surface area contributed by atoms with Crippen LogP contribution in [-0.4, -0.2) is 15.2 Å². The molecule has 1 aliphatic carbocycles. The van der Waals surface area contributed by atoms with Gasteiger partial charge < -0.3 is 0 Å². The maximum absolute atomic E-state index is 4.70. The predicted octanol–water partition coefficient (Wildman–Crippen LogP) is 2.34. The Bertz CT molecular complexity index is 134. The minimum absolute atomic E-state index is 0.428. The smallest absolute Gasteiger partial charge is 0.0366 e. The van der Waals surface area contributed by atoms with Crippen molar-refractivity contribution in [3.63, 3.8) is 0 Å². The molecule has 0 radical (unpaired) electrons. The van der Waals surface area contributed by atoms with Crippen LogP contribution in [0.4, 0.5) is 0 Å². The zero-order valence-electron chi connectivity index (χ0n) is 5.68. The van der Waals surface area contributed by atoms with Crippen LogP contribution in [0.2, 0.25) is 0 Å². The Balaban J connectivity index is 2.11. The zero-order valence-corrected chi connectivity index (χ0v) is 7.39. The molecule has 0 spiro atoms. The molecule has 0 aromatic rings. The number of hydrogen-bond acceptors (Lipinski definition) is 2. The van der Waals surface area contributed by atoms with E-state index in [1.165, 1.54) is 25.0 Å². The highest BCUT2D eigenvalue weighted by atomic mass is 32.2. The van der Waals surface area contributed by atoms with Crippen molar-refractivity contribution >= 4 is 24.4 Å². The summed E-state index contributed by atoms with van der Waals surface area (Å²) in [5.41, 5.74) is 0. The second kappa shape index (κ2) is 1.65. The summed E-state index contributed by atoms with van der Waals surface area (Å²) < 4.78 is 0.992. The van der Waals surface area contributed by atoms with Gasteiger partial charge in [-0.3, -0.25) is 0 Å². The molecule has 1 aliphatic heterocycles. The van der Waals surface area contributed by atoms with E-state index >= 15 is 0 Å². The first-order valence-corrected chi connectivity index (χ1v) is 4.96. The van der Waals surface area contributed by atoms with E-state index in [0.29, 0.717) is 9.49 Å².